The van der Waals surface area contributed by atoms with Gasteiger partial charge in [-0.05, 0) is 87.7 Å². The Morgan fingerprint density at radius 1 is 0.667 bits per heavy atom. The van der Waals surface area contributed by atoms with Crippen molar-refractivity contribution in [2.45, 2.75) is 25.7 Å². The second-order valence-electron chi connectivity index (χ2n) is 6.71. The first-order valence-electron chi connectivity index (χ1n) is 8.78. The number of nitrogens with zero attached hydrogens (tertiary/aromatic N) is 1. The van der Waals surface area contributed by atoms with Gasteiger partial charge < -0.3 is 0 Å². The molecule has 1 nitrogen and oxygen atoms in total. The fourth-order valence-electron chi connectivity index (χ4n) is 4.20. The van der Waals surface area contributed by atoms with Crippen LogP contribution in [0.3, 0.4) is 0 Å². The molecule has 24 heavy (non-hydrogen) atoms. The van der Waals surface area contributed by atoms with Gasteiger partial charge in [0.05, 0.1) is 0 Å². The van der Waals surface area contributed by atoms with Crippen LogP contribution in [0.5, 0.6) is 0 Å². The predicted octanol–water partition coefficient (Wildman–Crippen LogP) is 5.93. The van der Waals surface area contributed by atoms with Gasteiger partial charge in [-0.3, -0.25) is 4.98 Å². The zero-order chi connectivity index (χ0) is 15.9. The van der Waals surface area contributed by atoms with Crippen molar-refractivity contribution >= 4 is 21.5 Å². The van der Waals surface area contributed by atoms with Gasteiger partial charge in [-0.1, -0.05) is 36.4 Å². The topological polar surface area (TPSA) is 12.9 Å². The molecule has 0 saturated carbocycles. The molecule has 3 aromatic carbocycles. The molecule has 0 bridgehead atoms. The fourth-order valence-corrected chi connectivity index (χ4v) is 4.20. The number of aromatic nitrogens is 1. The van der Waals surface area contributed by atoms with Crippen molar-refractivity contribution in [3.05, 3.63) is 78.1 Å². The van der Waals surface area contributed by atoms with Crippen LogP contribution in [0.1, 0.15) is 24.0 Å². The first-order chi connectivity index (χ1) is 11.9. The third-order valence-electron chi connectivity index (χ3n) is 5.36. The van der Waals surface area contributed by atoms with Crippen LogP contribution in [0.15, 0.2) is 67.0 Å². The van der Waals surface area contributed by atoms with Gasteiger partial charge in [0.2, 0.25) is 0 Å². The van der Waals surface area contributed by atoms with Gasteiger partial charge in [0.15, 0.2) is 0 Å². The van der Waals surface area contributed by atoms with Crippen LogP contribution >= 0.6 is 0 Å². The maximum atomic E-state index is 4.18. The van der Waals surface area contributed by atoms with Crippen LogP contribution in [-0.2, 0) is 12.8 Å². The summed E-state index contributed by atoms with van der Waals surface area (Å²) in [6.07, 6.45) is 8.83. The molecule has 0 amide bonds. The second-order valence-corrected chi connectivity index (χ2v) is 6.71. The lowest BCUT2D eigenvalue weighted by atomic mass is 9.84. The summed E-state index contributed by atoms with van der Waals surface area (Å²) < 4.78 is 0. The Labute approximate surface area is 142 Å². The average Bonchev–Trinajstić information content (AvgIpc) is 2.67. The molecule has 0 radical (unpaired) electrons. The Balaban J connectivity index is 1.94. The highest BCUT2D eigenvalue weighted by Gasteiger charge is 2.15. The normalized spacial score (nSPS) is 14.0. The van der Waals surface area contributed by atoms with Crippen LogP contribution in [0.25, 0.3) is 32.7 Å². The maximum absolute atomic E-state index is 4.18. The molecule has 0 N–H and O–H groups in total. The van der Waals surface area contributed by atoms with E-state index in [1.165, 1.54) is 58.4 Å². The summed E-state index contributed by atoms with van der Waals surface area (Å²) in [5.74, 6) is 0. The second kappa shape index (κ2) is 5.45. The number of pyridine rings is 1. The molecule has 0 fully saturated rings. The van der Waals surface area contributed by atoms with Crippen LogP contribution in [0.4, 0.5) is 0 Å². The van der Waals surface area contributed by atoms with Gasteiger partial charge in [-0.2, -0.15) is 0 Å². The first-order valence-corrected chi connectivity index (χ1v) is 8.78. The summed E-state index contributed by atoms with van der Waals surface area (Å²) >= 11 is 0. The van der Waals surface area contributed by atoms with Gasteiger partial charge in [-0.25, -0.2) is 0 Å². The lowest BCUT2D eigenvalue weighted by molar-refractivity contribution is 0.690. The molecular formula is C23H19N. The van der Waals surface area contributed by atoms with E-state index in [1.54, 1.807) is 11.1 Å². The van der Waals surface area contributed by atoms with E-state index in [4.69, 9.17) is 0 Å². The van der Waals surface area contributed by atoms with Gasteiger partial charge in [0, 0.05) is 12.4 Å². The van der Waals surface area contributed by atoms with Crippen molar-refractivity contribution in [1.82, 2.24) is 4.98 Å². The molecule has 0 unspecified atom stereocenters. The standard InChI is InChI=1S/C23H19N/c1-2-6-18-16(5-1)9-10-21-19-7-3-4-8-20(19)22(15-23(18)21)17-11-13-24-14-12-17/h3-4,7-15H,1-2,5-6H2. The van der Waals surface area contributed by atoms with Crippen molar-refractivity contribution in [3.63, 3.8) is 0 Å². The minimum absolute atomic E-state index is 1.21. The Morgan fingerprint density at radius 2 is 1.42 bits per heavy atom. The Hall–Kier alpha value is -2.67. The number of hydrogen-bond acceptors (Lipinski definition) is 1. The summed E-state index contributed by atoms with van der Waals surface area (Å²) in [7, 11) is 0. The number of fused-ring (bicyclic) bond motifs is 5. The molecule has 1 heteroatoms. The van der Waals surface area contributed by atoms with E-state index in [-0.39, 0.29) is 0 Å². The van der Waals surface area contributed by atoms with Gasteiger partial charge in [-0.15, -0.1) is 0 Å². The minimum atomic E-state index is 1.21. The van der Waals surface area contributed by atoms with Crippen LogP contribution in [0, 0.1) is 0 Å². The van der Waals surface area contributed by atoms with E-state index in [2.05, 4.69) is 59.6 Å². The van der Waals surface area contributed by atoms with Crippen molar-refractivity contribution in [1.29, 1.82) is 0 Å². The molecule has 1 aromatic heterocycles. The van der Waals surface area contributed by atoms with E-state index in [0.29, 0.717) is 0 Å². The highest BCUT2D eigenvalue weighted by molar-refractivity contribution is 6.14. The van der Waals surface area contributed by atoms with Crippen molar-refractivity contribution in [3.8, 4) is 11.1 Å². The molecule has 1 heterocycles. The maximum Gasteiger partial charge on any atom is 0.0273 e. The molecule has 0 aliphatic heterocycles. The summed E-state index contributed by atoms with van der Waals surface area (Å²) in [5, 5.41) is 5.52. The Bertz CT molecular complexity index is 1050. The SMILES string of the molecule is c1ccc2c(c1)c(-c1ccncc1)cc1c3c(ccc12)CCCC3. The van der Waals surface area contributed by atoms with Crippen LogP contribution in [-0.4, -0.2) is 4.98 Å². The zero-order valence-corrected chi connectivity index (χ0v) is 13.6. The minimum Gasteiger partial charge on any atom is -0.265 e. The number of benzene rings is 3. The summed E-state index contributed by atoms with van der Waals surface area (Å²) in [6, 6.07) is 20.1. The molecule has 1 aliphatic carbocycles. The summed E-state index contributed by atoms with van der Waals surface area (Å²) in [4.78, 5) is 4.18. The van der Waals surface area contributed by atoms with Crippen molar-refractivity contribution in [2.24, 2.45) is 0 Å². The van der Waals surface area contributed by atoms with Gasteiger partial charge in [0.1, 0.15) is 0 Å². The Kier molecular flexibility index (Phi) is 3.12. The van der Waals surface area contributed by atoms with E-state index >= 15 is 0 Å². The Morgan fingerprint density at radius 3 is 2.29 bits per heavy atom. The van der Waals surface area contributed by atoms with Crippen molar-refractivity contribution < 1.29 is 0 Å². The van der Waals surface area contributed by atoms with Crippen LogP contribution in [0.2, 0.25) is 0 Å². The number of rotatable bonds is 1. The largest absolute Gasteiger partial charge is 0.265 e. The van der Waals surface area contributed by atoms with Crippen molar-refractivity contribution in [2.75, 3.05) is 0 Å². The molecule has 0 spiro atoms. The van der Waals surface area contributed by atoms with E-state index in [9.17, 15) is 0 Å². The monoisotopic (exact) mass is 309 g/mol. The highest BCUT2D eigenvalue weighted by atomic mass is 14.6. The molecular weight excluding hydrogens is 290 g/mol. The molecule has 0 saturated heterocycles. The number of hydrogen-bond donors (Lipinski definition) is 0. The molecule has 116 valence electrons. The fraction of sp³-hybridized carbons (Fsp3) is 0.174. The van der Waals surface area contributed by atoms with E-state index in [0.717, 1.165) is 0 Å². The average molecular weight is 309 g/mol. The zero-order valence-electron chi connectivity index (χ0n) is 13.6. The summed E-state index contributed by atoms with van der Waals surface area (Å²) in [5.41, 5.74) is 5.68. The van der Waals surface area contributed by atoms with E-state index in [1.807, 2.05) is 12.4 Å². The summed E-state index contributed by atoms with van der Waals surface area (Å²) in [6.45, 7) is 0. The lowest BCUT2D eigenvalue weighted by Crippen LogP contribution is -2.03. The highest BCUT2D eigenvalue weighted by Crippen LogP contribution is 2.38. The van der Waals surface area contributed by atoms with Gasteiger partial charge in [0.25, 0.3) is 0 Å². The smallest absolute Gasteiger partial charge is 0.0273 e. The number of aryl methyl sites for hydroxylation is 2. The first kappa shape index (κ1) is 13.7. The molecule has 1 aliphatic rings. The third kappa shape index (κ3) is 2.05. The molecule has 0 atom stereocenters. The third-order valence-corrected chi connectivity index (χ3v) is 5.36. The quantitative estimate of drug-likeness (QED) is 0.397. The van der Waals surface area contributed by atoms with Crippen LogP contribution < -0.4 is 0 Å². The predicted molar refractivity (Wildman–Crippen MR) is 101 cm³/mol. The molecule has 4 aromatic rings. The molecule has 5 rings (SSSR count). The lowest BCUT2D eigenvalue weighted by Gasteiger charge is -2.20. The van der Waals surface area contributed by atoms with E-state index < -0.39 is 0 Å². The van der Waals surface area contributed by atoms with Gasteiger partial charge >= 0.3 is 0 Å².